The molecule has 1 aromatic carbocycles. The van der Waals surface area contributed by atoms with E-state index in [1.165, 1.54) is 6.07 Å². The van der Waals surface area contributed by atoms with Crippen molar-refractivity contribution in [1.29, 1.82) is 0 Å². The van der Waals surface area contributed by atoms with Crippen molar-refractivity contribution in [1.82, 2.24) is 10.6 Å². The summed E-state index contributed by atoms with van der Waals surface area (Å²) in [4.78, 5) is 4.60. The van der Waals surface area contributed by atoms with Crippen LogP contribution in [0.5, 0.6) is 0 Å². The molecule has 20 heavy (non-hydrogen) atoms. The second-order valence-corrected chi connectivity index (χ2v) is 5.52. The van der Waals surface area contributed by atoms with Gasteiger partial charge in [0.25, 0.3) is 0 Å². The van der Waals surface area contributed by atoms with Crippen molar-refractivity contribution in [3.05, 3.63) is 35.6 Å². The molecule has 0 unspecified atom stereocenters. The summed E-state index contributed by atoms with van der Waals surface area (Å²) >= 11 is 0. The van der Waals surface area contributed by atoms with E-state index >= 15 is 0 Å². The summed E-state index contributed by atoms with van der Waals surface area (Å²) < 4.78 is 13.3. The van der Waals surface area contributed by atoms with E-state index in [1.807, 2.05) is 13.0 Å². The van der Waals surface area contributed by atoms with Gasteiger partial charge in [-0.2, -0.15) is 0 Å². The summed E-state index contributed by atoms with van der Waals surface area (Å²) in [5.74, 6) is 0.620. The van der Waals surface area contributed by atoms with Gasteiger partial charge in [-0.1, -0.05) is 32.9 Å². The van der Waals surface area contributed by atoms with Gasteiger partial charge in [0, 0.05) is 18.5 Å². The lowest BCUT2D eigenvalue weighted by Gasteiger charge is -2.24. The second-order valence-electron chi connectivity index (χ2n) is 5.52. The SMILES string of the molecule is CCCNC(=NCC(C)(C)c1cccc(F)c1)NCC. The summed E-state index contributed by atoms with van der Waals surface area (Å²) in [6, 6.07) is 6.75. The Hall–Kier alpha value is -1.58. The highest BCUT2D eigenvalue weighted by molar-refractivity contribution is 5.79. The van der Waals surface area contributed by atoms with Gasteiger partial charge < -0.3 is 10.6 Å². The predicted molar refractivity (Wildman–Crippen MR) is 83.7 cm³/mol. The zero-order chi connectivity index (χ0) is 15.0. The molecule has 4 heteroatoms. The Labute approximate surface area is 121 Å². The van der Waals surface area contributed by atoms with Gasteiger partial charge in [0.05, 0.1) is 6.54 Å². The zero-order valence-corrected chi connectivity index (χ0v) is 13.0. The fourth-order valence-electron chi connectivity index (χ4n) is 1.86. The first-order valence-corrected chi connectivity index (χ1v) is 7.28. The molecule has 0 bridgehead atoms. The molecule has 0 aliphatic rings. The Morgan fingerprint density at radius 1 is 1.25 bits per heavy atom. The fraction of sp³-hybridized carbons (Fsp3) is 0.562. The number of hydrogen-bond donors (Lipinski definition) is 2. The van der Waals surface area contributed by atoms with Gasteiger partial charge in [-0.05, 0) is 31.0 Å². The van der Waals surface area contributed by atoms with Crippen LogP contribution in [0.25, 0.3) is 0 Å². The fourth-order valence-corrected chi connectivity index (χ4v) is 1.86. The van der Waals surface area contributed by atoms with E-state index in [9.17, 15) is 4.39 Å². The third-order valence-corrected chi connectivity index (χ3v) is 3.13. The molecule has 112 valence electrons. The lowest BCUT2D eigenvalue weighted by atomic mass is 9.85. The van der Waals surface area contributed by atoms with E-state index in [1.54, 1.807) is 12.1 Å². The minimum Gasteiger partial charge on any atom is -0.357 e. The van der Waals surface area contributed by atoms with Crippen molar-refractivity contribution in [2.24, 2.45) is 4.99 Å². The van der Waals surface area contributed by atoms with Gasteiger partial charge in [0.1, 0.15) is 5.82 Å². The Morgan fingerprint density at radius 2 is 2.00 bits per heavy atom. The molecule has 0 amide bonds. The number of hydrogen-bond acceptors (Lipinski definition) is 1. The molecule has 0 heterocycles. The molecule has 0 aliphatic carbocycles. The van der Waals surface area contributed by atoms with Crippen molar-refractivity contribution in [3.63, 3.8) is 0 Å². The summed E-state index contributed by atoms with van der Waals surface area (Å²) in [5, 5.41) is 6.49. The predicted octanol–water partition coefficient (Wildman–Crippen LogP) is 3.07. The van der Waals surface area contributed by atoms with Crippen molar-refractivity contribution in [3.8, 4) is 0 Å². The first kappa shape index (κ1) is 16.5. The van der Waals surface area contributed by atoms with E-state index in [4.69, 9.17) is 0 Å². The van der Waals surface area contributed by atoms with Crippen molar-refractivity contribution >= 4 is 5.96 Å². The summed E-state index contributed by atoms with van der Waals surface area (Å²) in [6.07, 6.45) is 1.05. The Kier molecular flexibility index (Phi) is 6.49. The normalized spacial score (nSPS) is 12.3. The number of nitrogens with one attached hydrogen (secondary N) is 2. The van der Waals surface area contributed by atoms with Gasteiger partial charge in [0.15, 0.2) is 5.96 Å². The van der Waals surface area contributed by atoms with Crippen LogP contribution in [0, 0.1) is 5.82 Å². The molecule has 1 rings (SSSR count). The van der Waals surface area contributed by atoms with E-state index in [-0.39, 0.29) is 11.2 Å². The number of rotatable bonds is 6. The average molecular weight is 279 g/mol. The Balaban J connectivity index is 2.77. The quantitative estimate of drug-likeness (QED) is 0.620. The van der Waals surface area contributed by atoms with E-state index in [0.717, 1.165) is 31.0 Å². The number of benzene rings is 1. The van der Waals surface area contributed by atoms with Crippen LogP contribution in [0.2, 0.25) is 0 Å². The monoisotopic (exact) mass is 279 g/mol. The zero-order valence-electron chi connectivity index (χ0n) is 13.0. The molecule has 0 radical (unpaired) electrons. The number of nitrogens with zero attached hydrogens (tertiary/aromatic N) is 1. The molecule has 0 spiro atoms. The number of guanidine groups is 1. The van der Waals surface area contributed by atoms with Crippen LogP contribution in [0.15, 0.2) is 29.3 Å². The van der Waals surface area contributed by atoms with Crippen LogP contribution in [0.1, 0.15) is 39.7 Å². The largest absolute Gasteiger partial charge is 0.357 e. The number of aliphatic imine (C=N–C) groups is 1. The van der Waals surface area contributed by atoms with Gasteiger partial charge in [-0.3, -0.25) is 4.99 Å². The third-order valence-electron chi connectivity index (χ3n) is 3.13. The van der Waals surface area contributed by atoms with Crippen molar-refractivity contribution in [2.75, 3.05) is 19.6 Å². The maximum Gasteiger partial charge on any atom is 0.191 e. The smallest absolute Gasteiger partial charge is 0.191 e. The van der Waals surface area contributed by atoms with Gasteiger partial charge in [-0.15, -0.1) is 0 Å². The number of halogens is 1. The van der Waals surface area contributed by atoms with Crippen LogP contribution < -0.4 is 10.6 Å². The first-order chi connectivity index (χ1) is 9.49. The second kappa shape index (κ2) is 7.88. The highest BCUT2D eigenvalue weighted by atomic mass is 19.1. The van der Waals surface area contributed by atoms with E-state index < -0.39 is 0 Å². The molecule has 0 aromatic heterocycles. The molecule has 0 saturated heterocycles. The van der Waals surface area contributed by atoms with Crippen LogP contribution in [-0.4, -0.2) is 25.6 Å². The minimum absolute atomic E-state index is 0.198. The molecular formula is C16H26FN3. The molecule has 0 atom stereocenters. The summed E-state index contributed by atoms with van der Waals surface area (Å²) in [6.45, 7) is 10.6. The van der Waals surface area contributed by atoms with Gasteiger partial charge in [0.2, 0.25) is 0 Å². The molecule has 1 aromatic rings. The first-order valence-electron chi connectivity index (χ1n) is 7.28. The lowest BCUT2D eigenvalue weighted by molar-refractivity contribution is 0.529. The topological polar surface area (TPSA) is 36.4 Å². The lowest BCUT2D eigenvalue weighted by Crippen LogP contribution is -2.38. The van der Waals surface area contributed by atoms with Gasteiger partial charge >= 0.3 is 0 Å². The summed E-state index contributed by atoms with van der Waals surface area (Å²) in [5.41, 5.74) is 0.768. The van der Waals surface area contributed by atoms with Crippen LogP contribution in [-0.2, 0) is 5.41 Å². The molecule has 0 fully saturated rings. The van der Waals surface area contributed by atoms with Gasteiger partial charge in [-0.25, -0.2) is 4.39 Å². The summed E-state index contributed by atoms with van der Waals surface area (Å²) in [7, 11) is 0. The highest BCUT2D eigenvalue weighted by Gasteiger charge is 2.20. The molecule has 0 aliphatic heterocycles. The maximum atomic E-state index is 13.3. The maximum absolute atomic E-state index is 13.3. The van der Waals surface area contributed by atoms with E-state index in [2.05, 4.69) is 36.4 Å². The van der Waals surface area contributed by atoms with E-state index in [0.29, 0.717) is 6.54 Å². The van der Waals surface area contributed by atoms with Crippen LogP contribution in [0.3, 0.4) is 0 Å². The molecule has 2 N–H and O–H groups in total. The molecule has 3 nitrogen and oxygen atoms in total. The Bertz CT molecular complexity index is 441. The standard InChI is InChI=1S/C16H26FN3/c1-5-10-19-15(18-6-2)20-12-16(3,4)13-8-7-9-14(17)11-13/h7-9,11H,5-6,10,12H2,1-4H3,(H2,18,19,20). The van der Waals surface area contributed by atoms with Crippen molar-refractivity contribution < 1.29 is 4.39 Å². The highest BCUT2D eigenvalue weighted by Crippen LogP contribution is 2.23. The minimum atomic E-state index is -0.199. The third kappa shape index (κ3) is 5.19. The molecular weight excluding hydrogens is 253 g/mol. The van der Waals surface area contributed by atoms with Crippen LogP contribution in [0.4, 0.5) is 4.39 Å². The Morgan fingerprint density at radius 3 is 2.60 bits per heavy atom. The van der Waals surface area contributed by atoms with Crippen LogP contribution >= 0.6 is 0 Å². The molecule has 0 saturated carbocycles. The van der Waals surface area contributed by atoms with Crippen molar-refractivity contribution in [2.45, 2.75) is 39.5 Å². The average Bonchev–Trinajstić information content (AvgIpc) is 2.42.